The standard InChI is InChI=1S/C13H17FN2O3/c1-3-19-13(18)9(2)15-8-12(17)16-11-6-4-5-10(14)7-11/h4-7,9,15H,3,8H2,1-2H3,(H,16,17). The van der Waals surface area contributed by atoms with Gasteiger partial charge < -0.3 is 10.1 Å². The Kier molecular flexibility index (Phi) is 5.95. The molecule has 1 aromatic rings. The molecule has 0 saturated heterocycles. The van der Waals surface area contributed by atoms with E-state index in [4.69, 9.17) is 4.74 Å². The van der Waals surface area contributed by atoms with Crippen molar-refractivity contribution in [1.82, 2.24) is 5.32 Å². The van der Waals surface area contributed by atoms with Crippen LogP contribution in [0, 0.1) is 5.82 Å². The summed E-state index contributed by atoms with van der Waals surface area (Å²) in [6, 6.07) is 5.01. The maximum absolute atomic E-state index is 12.9. The number of esters is 1. The van der Waals surface area contributed by atoms with E-state index in [1.807, 2.05) is 0 Å². The van der Waals surface area contributed by atoms with Crippen molar-refractivity contribution in [2.45, 2.75) is 19.9 Å². The van der Waals surface area contributed by atoms with E-state index >= 15 is 0 Å². The highest BCUT2D eigenvalue weighted by atomic mass is 19.1. The molecule has 1 rings (SSSR count). The summed E-state index contributed by atoms with van der Waals surface area (Å²) in [5.41, 5.74) is 0.371. The molecule has 5 nitrogen and oxygen atoms in total. The Balaban J connectivity index is 2.38. The second-order valence-corrected chi connectivity index (χ2v) is 3.91. The lowest BCUT2D eigenvalue weighted by atomic mass is 10.3. The molecule has 1 aromatic carbocycles. The molecule has 6 heteroatoms. The number of anilines is 1. The number of carbonyl (C=O) groups is 2. The van der Waals surface area contributed by atoms with Crippen LogP contribution in [0.4, 0.5) is 10.1 Å². The zero-order valence-electron chi connectivity index (χ0n) is 10.9. The molecule has 19 heavy (non-hydrogen) atoms. The largest absolute Gasteiger partial charge is 0.465 e. The first-order valence-corrected chi connectivity index (χ1v) is 5.98. The molecular formula is C13H17FN2O3. The van der Waals surface area contributed by atoms with Crippen LogP contribution in [0.15, 0.2) is 24.3 Å². The number of ether oxygens (including phenoxy) is 1. The average Bonchev–Trinajstić information content (AvgIpc) is 2.36. The summed E-state index contributed by atoms with van der Waals surface area (Å²) in [6.45, 7) is 3.55. The van der Waals surface area contributed by atoms with Gasteiger partial charge >= 0.3 is 5.97 Å². The van der Waals surface area contributed by atoms with Gasteiger partial charge in [0.05, 0.1) is 13.2 Å². The molecule has 1 atom stereocenters. The first-order chi connectivity index (χ1) is 9.02. The highest BCUT2D eigenvalue weighted by Crippen LogP contribution is 2.08. The number of amides is 1. The summed E-state index contributed by atoms with van der Waals surface area (Å²) in [5, 5.41) is 5.24. The smallest absolute Gasteiger partial charge is 0.322 e. The van der Waals surface area contributed by atoms with Gasteiger partial charge in [0, 0.05) is 5.69 Å². The molecule has 1 amide bonds. The fourth-order valence-electron chi connectivity index (χ4n) is 1.37. The lowest BCUT2D eigenvalue weighted by Crippen LogP contribution is -2.40. The lowest BCUT2D eigenvalue weighted by molar-refractivity contribution is -0.145. The van der Waals surface area contributed by atoms with Crippen LogP contribution >= 0.6 is 0 Å². The van der Waals surface area contributed by atoms with E-state index in [1.54, 1.807) is 19.9 Å². The molecule has 0 aliphatic carbocycles. The normalized spacial score (nSPS) is 11.7. The Morgan fingerprint density at radius 2 is 2.16 bits per heavy atom. The van der Waals surface area contributed by atoms with Crippen LogP contribution in [0.25, 0.3) is 0 Å². The topological polar surface area (TPSA) is 67.4 Å². The van der Waals surface area contributed by atoms with Gasteiger partial charge in [-0.25, -0.2) is 4.39 Å². The van der Waals surface area contributed by atoms with Crippen molar-refractivity contribution in [2.24, 2.45) is 0 Å². The van der Waals surface area contributed by atoms with Crippen LogP contribution in [-0.4, -0.2) is 31.1 Å². The summed E-state index contributed by atoms with van der Waals surface area (Å²) in [5.74, 6) is -1.20. The highest BCUT2D eigenvalue weighted by molar-refractivity contribution is 5.92. The zero-order valence-corrected chi connectivity index (χ0v) is 10.9. The molecule has 0 spiro atoms. The predicted molar refractivity (Wildman–Crippen MR) is 69.1 cm³/mol. The quantitative estimate of drug-likeness (QED) is 0.763. The minimum atomic E-state index is -0.571. The van der Waals surface area contributed by atoms with Crippen molar-refractivity contribution < 1.29 is 18.7 Å². The second kappa shape index (κ2) is 7.48. The number of benzene rings is 1. The third-order valence-electron chi connectivity index (χ3n) is 2.32. The molecular weight excluding hydrogens is 251 g/mol. The summed E-state index contributed by atoms with van der Waals surface area (Å²) in [4.78, 5) is 22.9. The van der Waals surface area contributed by atoms with Crippen molar-refractivity contribution in [2.75, 3.05) is 18.5 Å². The van der Waals surface area contributed by atoms with E-state index in [0.29, 0.717) is 12.3 Å². The van der Waals surface area contributed by atoms with E-state index in [1.165, 1.54) is 18.2 Å². The van der Waals surface area contributed by atoms with Crippen molar-refractivity contribution in [3.8, 4) is 0 Å². The number of nitrogens with one attached hydrogen (secondary N) is 2. The Morgan fingerprint density at radius 1 is 1.42 bits per heavy atom. The fraction of sp³-hybridized carbons (Fsp3) is 0.385. The molecule has 1 unspecified atom stereocenters. The van der Waals surface area contributed by atoms with E-state index in [-0.39, 0.29) is 12.5 Å². The van der Waals surface area contributed by atoms with Gasteiger partial charge in [0.2, 0.25) is 5.91 Å². The monoisotopic (exact) mass is 268 g/mol. The lowest BCUT2D eigenvalue weighted by Gasteiger charge is -2.12. The molecule has 0 aliphatic heterocycles. The highest BCUT2D eigenvalue weighted by Gasteiger charge is 2.14. The zero-order chi connectivity index (χ0) is 14.3. The molecule has 0 fully saturated rings. The maximum Gasteiger partial charge on any atom is 0.322 e. The van der Waals surface area contributed by atoms with Crippen LogP contribution in [0.3, 0.4) is 0 Å². The van der Waals surface area contributed by atoms with Gasteiger partial charge in [-0.2, -0.15) is 0 Å². The first kappa shape index (κ1) is 15.1. The summed E-state index contributed by atoms with van der Waals surface area (Å²) < 4.78 is 17.7. The van der Waals surface area contributed by atoms with E-state index < -0.39 is 17.8 Å². The summed E-state index contributed by atoms with van der Waals surface area (Å²) >= 11 is 0. The summed E-state index contributed by atoms with van der Waals surface area (Å²) in [6.07, 6.45) is 0. The predicted octanol–water partition coefficient (Wildman–Crippen LogP) is 1.31. The molecule has 104 valence electrons. The van der Waals surface area contributed by atoms with Crippen LogP contribution in [0.1, 0.15) is 13.8 Å². The average molecular weight is 268 g/mol. The second-order valence-electron chi connectivity index (χ2n) is 3.91. The van der Waals surface area contributed by atoms with Crippen LogP contribution in [0.5, 0.6) is 0 Å². The Morgan fingerprint density at radius 3 is 2.79 bits per heavy atom. The van der Waals surface area contributed by atoms with Gasteiger partial charge in [-0.15, -0.1) is 0 Å². The minimum Gasteiger partial charge on any atom is -0.465 e. The third-order valence-corrected chi connectivity index (χ3v) is 2.32. The van der Waals surface area contributed by atoms with Gasteiger partial charge in [0.15, 0.2) is 0 Å². The van der Waals surface area contributed by atoms with Gasteiger partial charge in [-0.1, -0.05) is 6.07 Å². The Hall–Kier alpha value is -1.95. The fourth-order valence-corrected chi connectivity index (χ4v) is 1.37. The van der Waals surface area contributed by atoms with Crippen molar-refractivity contribution >= 4 is 17.6 Å². The number of hydrogen-bond acceptors (Lipinski definition) is 4. The third kappa shape index (κ3) is 5.48. The number of hydrogen-bond donors (Lipinski definition) is 2. The molecule has 0 bridgehead atoms. The van der Waals surface area contributed by atoms with Crippen molar-refractivity contribution in [3.63, 3.8) is 0 Å². The number of halogens is 1. The SMILES string of the molecule is CCOC(=O)C(C)NCC(=O)Nc1cccc(F)c1. The Labute approximate surface area is 111 Å². The van der Waals surface area contributed by atoms with Crippen molar-refractivity contribution in [3.05, 3.63) is 30.1 Å². The number of carbonyl (C=O) groups excluding carboxylic acids is 2. The van der Waals surface area contributed by atoms with Crippen LogP contribution < -0.4 is 10.6 Å². The van der Waals surface area contributed by atoms with Gasteiger partial charge in [0.25, 0.3) is 0 Å². The molecule has 0 saturated carbocycles. The first-order valence-electron chi connectivity index (χ1n) is 5.98. The van der Waals surface area contributed by atoms with Crippen molar-refractivity contribution in [1.29, 1.82) is 0 Å². The van der Waals surface area contributed by atoms with Gasteiger partial charge in [-0.05, 0) is 32.0 Å². The van der Waals surface area contributed by atoms with E-state index in [9.17, 15) is 14.0 Å². The molecule has 2 N–H and O–H groups in total. The molecule has 0 heterocycles. The van der Waals surface area contributed by atoms with Gasteiger partial charge in [0.1, 0.15) is 11.9 Å². The summed E-state index contributed by atoms with van der Waals surface area (Å²) in [7, 11) is 0. The van der Waals surface area contributed by atoms with E-state index in [0.717, 1.165) is 0 Å². The van der Waals surface area contributed by atoms with E-state index in [2.05, 4.69) is 10.6 Å². The maximum atomic E-state index is 12.9. The molecule has 0 radical (unpaired) electrons. The van der Waals surface area contributed by atoms with Gasteiger partial charge in [-0.3, -0.25) is 14.9 Å². The number of rotatable bonds is 6. The minimum absolute atomic E-state index is 0.0590. The Bertz CT molecular complexity index is 451. The van der Waals surface area contributed by atoms with Crippen LogP contribution in [0.2, 0.25) is 0 Å². The molecule has 0 aliphatic rings. The van der Waals surface area contributed by atoms with Crippen LogP contribution in [-0.2, 0) is 14.3 Å². The molecule has 0 aromatic heterocycles.